The fraction of sp³-hybridized carbons (Fsp3) is 0.463. The molecule has 0 spiro atoms. The molecule has 1 aliphatic heterocycles. The second kappa shape index (κ2) is 16.5. The number of phenolic OH excluding ortho intramolecular Hbond substituents is 1. The van der Waals surface area contributed by atoms with Crippen molar-refractivity contribution < 1.29 is 29.4 Å². The van der Waals surface area contributed by atoms with Crippen LogP contribution in [0.5, 0.6) is 5.75 Å². The summed E-state index contributed by atoms with van der Waals surface area (Å²) in [6, 6.07) is 11.6. The highest BCUT2D eigenvalue weighted by Crippen LogP contribution is 2.36. The maximum atomic E-state index is 13.9. The zero-order valence-corrected chi connectivity index (χ0v) is 30.6. The van der Waals surface area contributed by atoms with Gasteiger partial charge in [-0.05, 0) is 65.2 Å². The third kappa shape index (κ3) is 7.66. The SMILES string of the molecule is CCN(CC)C1=CCC(C(=O)C2=CCCC=C2C(=O)N2CCN(C(=O)c3ccccc3C(=O)c3ccc(N(CC)CC)cc3O)CC2)C(O)C1C. The average molecular weight is 697 g/mol. The maximum Gasteiger partial charge on any atom is 0.254 e. The number of phenols is 1. The Morgan fingerprint density at radius 2 is 1.29 bits per heavy atom. The molecule has 2 aliphatic carbocycles. The van der Waals surface area contributed by atoms with Crippen LogP contribution in [0.25, 0.3) is 0 Å². The molecular weight excluding hydrogens is 644 g/mol. The number of ketones is 2. The van der Waals surface area contributed by atoms with E-state index < -0.39 is 17.8 Å². The van der Waals surface area contributed by atoms with Crippen molar-refractivity contribution in [3.63, 3.8) is 0 Å². The van der Waals surface area contributed by atoms with E-state index >= 15 is 0 Å². The maximum absolute atomic E-state index is 13.9. The molecule has 1 fully saturated rings. The van der Waals surface area contributed by atoms with Crippen molar-refractivity contribution in [2.45, 2.75) is 60.0 Å². The molecule has 10 nitrogen and oxygen atoms in total. The highest BCUT2D eigenvalue weighted by molar-refractivity contribution is 6.16. The third-order valence-corrected chi connectivity index (χ3v) is 10.7. The van der Waals surface area contributed by atoms with Crippen LogP contribution in [0.2, 0.25) is 0 Å². The quantitative estimate of drug-likeness (QED) is 0.290. The topological polar surface area (TPSA) is 122 Å². The second-order valence-corrected chi connectivity index (χ2v) is 13.4. The first-order chi connectivity index (χ1) is 24.6. The van der Waals surface area contributed by atoms with Gasteiger partial charge in [-0.3, -0.25) is 19.2 Å². The molecule has 0 radical (unpaired) electrons. The molecule has 0 saturated carbocycles. The minimum atomic E-state index is -0.850. The van der Waals surface area contributed by atoms with E-state index in [4.69, 9.17) is 0 Å². The van der Waals surface area contributed by atoms with Gasteiger partial charge in [0.1, 0.15) is 5.75 Å². The minimum absolute atomic E-state index is 0.122. The Labute approximate surface area is 301 Å². The van der Waals surface area contributed by atoms with Gasteiger partial charge in [0.15, 0.2) is 11.6 Å². The molecule has 10 heteroatoms. The van der Waals surface area contributed by atoms with Crippen LogP contribution in [0, 0.1) is 11.8 Å². The van der Waals surface area contributed by atoms with Crippen LogP contribution in [0.3, 0.4) is 0 Å². The van der Waals surface area contributed by atoms with E-state index in [0.717, 1.165) is 37.6 Å². The van der Waals surface area contributed by atoms with Gasteiger partial charge in [-0.15, -0.1) is 0 Å². The van der Waals surface area contributed by atoms with E-state index in [0.29, 0.717) is 30.4 Å². The Kier molecular flexibility index (Phi) is 12.2. The van der Waals surface area contributed by atoms with Gasteiger partial charge in [0.05, 0.1) is 23.1 Å². The number of carbonyl (C=O) groups is 4. The Hall–Kier alpha value is -4.70. The Morgan fingerprint density at radius 1 is 0.725 bits per heavy atom. The first kappa shape index (κ1) is 37.6. The molecule has 1 saturated heterocycles. The van der Waals surface area contributed by atoms with Crippen LogP contribution in [0.15, 0.2) is 77.5 Å². The Bertz CT molecular complexity index is 1730. The summed E-state index contributed by atoms with van der Waals surface area (Å²) < 4.78 is 0. The van der Waals surface area contributed by atoms with Gasteiger partial charge in [0.2, 0.25) is 0 Å². The zero-order chi connectivity index (χ0) is 36.8. The number of carbonyl (C=O) groups excluding carboxylic acids is 4. The molecule has 272 valence electrons. The normalized spacial score (nSPS) is 20.6. The number of hydrogen-bond acceptors (Lipinski definition) is 8. The molecule has 2 aromatic carbocycles. The largest absolute Gasteiger partial charge is 0.507 e. The molecule has 51 heavy (non-hydrogen) atoms. The van der Waals surface area contributed by atoms with Gasteiger partial charge in [0.25, 0.3) is 11.8 Å². The monoisotopic (exact) mass is 696 g/mol. The average Bonchev–Trinajstić information content (AvgIpc) is 3.16. The highest BCUT2D eigenvalue weighted by Gasteiger charge is 2.40. The summed E-state index contributed by atoms with van der Waals surface area (Å²) in [4.78, 5) is 62.9. The number of allylic oxidation sites excluding steroid dienone is 3. The van der Waals surface area contributed by atoms with Crippen molar-refractivity contribution in [2.75, 3.05) is 57.3 Å². The van der Waals surface area contributed by atoms with E-state index in [1.807, 2.05) is 32.9 Å². The third-order valence-electron chi connectivity index (χ3n) is 10.7. The molecule has 5 rings (SSSR count). The molecule has 2 amide bonds. The number of nitrogens with zero attached hydrogens (tertiary/aromatic N) is 4. The van der Waals surface area contributed by atoms with Gasteiger partial charge in [0, 0.05) is 92.4 Å². The van der Waals surface area contributed by atoms with Gasteiger partial charge in [-0.25, -0.2) is 0 Å². The van der Waals surface area contributed by atoms with Crippen LogP contribution in [0.1, 0.15) is 80.2 Å². The van der Waals surface area contributed by atoms with Crippen molar-refractivity contribution in [3.05, 3.63) is 94.2 Å². The molecule has 0 bridgehead atoms. The highest BCUT2D eigenvalue weighted by atomic mass is 16.3. The number of aliphatic hydroxyl groups is 1. The van der Waals surface area contributed by atoms with Gasteiger partial charge < -0.3 is 29.8 Å². The first-order valence-corrected chi connectivity index (χ1v) is 18.4. The lowest BCUT2D eigenvalue weighted by atomic mass is 9.76. The Balaban J connectivity index is 1.26. The first-order valence-electron chi connectivity index (χ1n) is 18.4. The molecule has 2 N–H and O–H groups in total. The molecule has 1 heterocycles. The summed E-state index contributed by atoms with van der Waals surface area (Å²) in [5.41, 5.74) is 3.17. The molecule has 3 aliphatic rings. The van der Waals surface area contributed by atoms with Crippen molar-refractivity contribution in [2.24, 2.45) is 11.8 Å². The molecule has 3 atom stereocenters. The Morgan fingerprint density at radius 3 is 1.88 bits per heavy atom. The lowest BCUT2D eigenvalue weighted by molar-refractivity contribution is -0.130. The van der Waals surface area contributed by atoms with Crippen molar-refractivity contribution >= 4 is 29.1 Å². The fourth-order valence-electron chi connectivity index (χ4n) is 7.64. The van der Waals surface area contributed by atoms with Gasteiger partial charge in [-0.2, -0.15) is 0 Å². The summed E-state index contributed by atoms with van der Waals surface area (Å²) in [5, 5.41) is 22.1. The number of amides is 2. The predicted octanol–water partition coefficient (Wildman–Crippen LogP) is 5.21. The number of anilines is 1. The van der Waals surface area contributed by atoms with Crippen molar-refractivity contribution in [1.82, 2.24) is 14.7 Å². The lowest BCUT2D eigenvalue weighted by Crippen LogP contribution is -2.51. The van der Waals surface area contributed by atoms with E-state index in [1.165, 1.54) is 0 Å². The summed E-state index contributed by atoms with van der Waals surface area (Å²) in [6.07, 6.45) is 6.58. The number of piperazine rings is 1. The van der Waals surface area contributed by atoms with E-state index in [1.54, 1.807) is 52.3 Å². The zero-order valence-electron chi connectivity index (χ0n) is 30.6. The molecule has 2 aromatic rings. The number of benzene rings is 2. The van der Waals surface area contributed by atoms with E-state index in [9.17, 15) is 29.4 Å². The van der Waals surface area contributed by atoms with Crippen LogP contribution in [-0.4, -0.2) is 107 Å². The van der Waals surface area contributed by atoms with Crippen molar-refractivity contribution in [1.29, 1.82) is 0 Å². The van der Waals surface area contributed by atoms with Crippen LogP contribution in [-0.2, 0) is 9.59 Å². The summed E-state index contributed by atoms with van der Waals surface area (Å²) in [7, 11) is 0. The van der Waals surface area contributed by atoms with E-state index in [-0.39, 0.29) is 72.1 Å². The number of Topliss-reactive ketones (excluding diaryl/α,β-unsaturated/α-hetero) is 1. The standard InChI is InChI=1S/C41H52N4O6/c1-6-42(7-2)28-18-19-33(36(46)26-28)38(48)29-14-10-12-16-31(29)40(50)44-22-24-45(25-23-44)41(51)32-17-13-11-15-30(32)39(49)34-20-21-35(27(5)37(34)47)43(8-3)9-4/h10,12,14-19,21,26-27,34,37,46-47H,6-9,11,13,20,22-25H2,1-5H3. The number of aromatic hydroxyl groups is 1. The number of aliphatic hydroxyl groups excluding tert-OH is 1. The molecule has 3 unspecified atom stereocenters. The number of hydrogen-bond donors (Lipinski definition) is 2. The summed E-state index contributed by atoms with van der Waals surface area (Å²) >= 11 is 0. The molecule has 0 aromatic heterocycles. The summed E-state index contributed by atoms with van der Waals surface area (Å²) in [6.45, 7) is 14.4. The van der Waals surface area contributed by atoms with Gasteiger partial charge in [-0.1, -0.05) is 43.4 Å². The smallest absolute Gasteiger partial charge is 0.254 e. The molecular formula is C41H52N4O6. The van der Waals surface area contributed by atoms with Crippen molar-refractivity contribution in [3.8, 4) is 5.75 Å². The van der Waals surface area contributed by atoms with Crippen LogP contribution >= 0.6 is 0 Å². The predicted molar refractivity (Wildman–Crippen MR) is 199 cm³/mol. The second-order valence-electron chi connectivity index (χ2n) is 13.4. The van der Waals surface area contributed by atoms with Gasteiger partial charge >= 0.3 is 0 Å². The minimum Gasteiger partial charge on any atom is -0.507 e. The van der Waals surface area contributed by atoms with E-state index in [2.05, 4.69) is 29.7 Å². The summed E-state index contributed by atoms with van der Waals surface area (Å²) in [5.74, 6) is -2.19. The van der Waals surface area contributed by atoms with Crippen LogP contribution < -0.4 is 4.90 Å². The van der Waals surface area contributed by atoms with Crippen LogP contribution in [0.4, 0.5) is 5.69 Å². The fourth-order valence-corrected chi connectivity index (χ4v) is 7.64. The number of rotatable bonds is 12. The lowest BCUT2D eigenvalue weighted by Gasteiger charge is -2.38.